The first-order valence-corrected chi connectivity index (χ1v) is 7.88. The highest BCUT2D eigenvalue weighted by atomic mass is 32.2. The first-order valence-electron chi connectivity index (χ1n) is 5.99. The van der Waals surface area contributed by atoms with Gasteiger partial charge in [0, 0.05) is 17.5 Å². The number of aromatic amines is 2. The first kappa shape index (κ1) is 14.3. The lowest BCUT2D eigenvalue weighted by molar-refractivity contribution is 0.103. The van der Waals surface area contributed by atoms with Gasteiger partial charge in [-0.05, 0) is 30.7 Å². The van der Waals surface area contributed by atoms with Crippen LogP contribution in [0.25, 0.3) is 0 Å². The van der Waals surface area contributed by atoms with E-state index >= 15 is 0 Å². The highest BCUT2D eigenvalue weighted by molar-refractivity contribution is 7.90. The summed E-state index contributed by atoms with van der Waals surface area (Å²) in [6, 6.07) is 5.62. The van der Waals surface area contributed by atoms with E-state index in [4.69, 9.17) is 0 Å². The quantitative estimate of drug-likeness (QED) is 0.818. The van der Waals surface area contributed by atoms with Gasteiger partial charge in [0.25, 0.3) is 0 Å². The molecule has 0 unspecified atom stereocenters. The molecule has 20 heavy (non-hydrogen) atoms. The van der Waals surface area contributed by atoms with E-state index in [-0.39, 0.29) is 16.4 Å². The molecule has 106 valence electrons. The SMILES string of the molecule is CCc1[nH]c(=O)[nH]c1C(=O)c1ccc(S(C)(=O)=O)cc1. The number of carbonyl (C=O) groups is 1. The second-order valence-corrected chi connectivity index (χ2v) is 6.43. The van der Waals surface area contributed by atoms with Gasteiger partial charge in [0.2, 0.25) is 5.78 Å². The number of rotatable bonds is 4. The second kappa shape index (κ2) is 5.09. The summed E-state index contributed by atoms with van der Waals surface area (Å²) in [4.78, 5) is 28.7. The van der Waals surface area contributed by atoms with Crippen molar-refractivity contribution in [2.75, 3.05) is 6.26 Å². The summed E-state index contributed by atoms with van der Waals surface area (Å²) in [6.07, 6.45) is 1.61. The fraction of sp³-hybridized carbons (Fsp3) is 0.231. The van der Waals surface area contributed by atoms with Crippen LogP contribution < -0.4 is 5.69 Å². The molecule has 0 bridgehead atoms. The smallest absolute Gasteiger partial charge is 0.309 e. The molecule has 0 saturated heterocycles. The number of aryl methyl sites for hydroxylation is 1. The van der Waals surface area contributed by atoms with Crippen LogP contribution in [-0.4, -0.2) is 30.4 Å². The molecule has 6 nitrogen and oxygen atoms in total. The van der Waals surface area contributed by atoms with Crippen molar-refractivity contribution in [2.24, 2.45) is 0 Å². The van der Waals surface area contributed by atoms with Gasteiger partial charge in [-0.2, -0.15) is 0 Å². The minimum Gasteiger partial charge on any atom is -0.309 e. The third-order valence-electron chi connectivity index (χ3n) is 2.93. The number of nitrogens with one attached hydrogen (secondary N) is 2. The molecule has 2 N–H and O–H groups in total. The molecular weight excluding hydrogens is 280 g/mol. The van der Waals surface area contributed by atoms with E-state index < -0.39 is 15.5 Å². The summed E-state index contributed by atoms with van der Waals surface area (Å²) in [5, 5.41) is 0. The normalized spacial score (nSPS) is 11.5. The summed E-state index contributed by atoms with van der Waals surface area (Å²) < 4.78 is 22.7. The minimum absolute atomic E-state index is 0.146. The van der Waals surface area contributed by atoms with Crippen LogP contribution in [0.5, 0.6) is 0 Å². The fourth-order valence-electron chi connectivity index (χ4n) is 1.88. The second-order valence-electron chi connectivity index (χ2n) is 4.41. The number of carbonyl (C=O) groups excluding carboxylic acids is 1. The molecule has 1 heterocycles. The number of hydrogen-bond donors (Lipinski definition) is 2. The Labute approximate surface area is 115 Å². The van der Waals surface area contributed by atoms with Crippen molar-refractivity contribution in [2.45, 2.75) is 18.2 Å². The molecule has 0 fully saturated rings. The van der Waals surface area contributed by atoms with E-state index in [2.05, 4.69) is 9.97 Å². The zero-order valence-electron chi connectivity index (χ0n) is 11.1. The Morgan fingerprint density at radius 1 is 1.15 bits per heavy atom. The summed E-state index contributed by atoms with van der Waals surface area (Å²) in [6.45, 7) is 1.82. The highest BCUT2D eigenvalue weighted by Crippen LogP contribution is 2.14. The van der Waals surface area contributed by atoms with E-state index in [1.54, 1.807) is 0 Å². The van der Waals surface area contributed by atoms with E-state index in [1.807, 2.05) is 6.92 Å². The third-order valence-corrected chi connectivity index (χ3v) is 4.06. The molecule has 0 atom stereocenters. The Morgan fingerprint density at radius 2 is 1.75 bits per heavy atom. The van der Waals surface area contributed by atoms with E-state index in [1.165, 1.54) is 24.3 Å². The van der Waals surface area contributed by atoms with Gasteiger partial charge in [-0.1, -0.05) is 6.92 Å². The van der Waals surface area contributed by atoms with Crippen LogP contribution in [0.1, 0.15) is 28.7 Å². The van der Waals surface area contributed by atoms with Crippen LogP contribution in [0.4, 0.5) is 0 Å². The Kier molecular flexibility index (Phi) is 3.63. The maximum atomic E-state index is 12.3. The Bertz CT molecular complexity index is 798. The molecule has 0 radical (unpaired) electrons. The van der Waals surface area contributed by atoms with E-state index in [0.29, 0.717) is 17.7 Å². The maximum Gasteiger partial charge on any atom is 0.323 e. The van der Waals surface area contributed by atoms with Crippen LogP contribution in [0.2, 0.25) is 0 Å². The Morgan fingerprint density at radius 3 is 2.25 bits per heavy atom. The zero-order chi connectivity index (χ0) is 14.9. The van der Waals surface area contributed by atoms with Gasteiger partial charge in [0.15, 0.2) is 9.84 Å². The molecule has 0 spiro atoms. The number of ketones is 1. The minimum atomic E-state index is -3.29. The highest BCUT2D eigenvalue weighted by Gasteiger charge is 2.17. The number of imidazole rings is 1. The zero-order valence-corrected chi connectivity index (χ0v) is 11.9. The Hall–Kier alpha value is -2.15. The van der Waals surface area contributed by atoms with Crippen LogP contribution >= 0.6 is 0 Å². The van der Waals surface area contributed by atoms with Crippen molar-refractivity contribution in [1.82, 2.24) is 9.97 Å². The van der Waals surface area contributed by atoms with Crippen molar-refractivity contribution in [3.8, 4) is 0 Å². The fourth-order valence-corrected chi connectivity index (χ4v) is 2.51. The molecule has 2 aromatic rings. The molecule has 2 rings (SSSR count). The maximum absolute atomic E-state index is 12.3. The lowest BCUT2D eigenvalue weighted by Crippen LogP contribution is -2.07. The monoisotopic (exact) mass is 294 g/mol. The standard InChI is InChI=1S/C13H14N2O4S/c1-3-10-11(15-13(17)14-10)12(16)8-4-6-9(7-5-8)20(2,18)19/h4-7H,3H2,1-2H3,(H2,14,15,17). The van der Waals surface area contributed by atoms with E-state index in [0.717, 1.165) is 6.26 Å². The molecule has 0 aliphatic heterocycles. The molecule has 0 amide bonds. The third kappa shape index (κ3) is 2.72. The molecule has 0 aliphatic carbocycles. The summed E-state index contributed by atoms with van der Waals surface area (Å²) in [5.41, 5.74) is 0.636. The molecule has 1 aromatic carbocycles. The Balaban J connectivity index is 2.41. The van der Waals surface area contributed by atoms with Gasteiger partial charge >= 0.3 is 5.69 Å². The first-order chi connectivity index (χ1) is 9.32. The summed E-state index contributed by atoms with van der Waals surface area (Å²) in [5.74, 6) is -0.347. The molecular formula is C13H14N2O4S. The van der Waals surface area contributed by atoms with Gasteiger partial charge in [0.1, 0.15) is 5.69 Å². The average Bonchev–Trinajstić information content (AvgIpc) is 2.78. The number of benzene rings is 1. The van der Waals surface area contributed by atoms with Crippen LogP contribution in [0.15, 0.2) is 34.0 Å². The topological polar surface area (TPSA) is 99.9 Å². The van der Waals surface area contributed by atoms with Crippen molar-refractivity contribution in [3.05, 3.63) is 51.7 Å². The van der Waals surface area contributed by atoms with Crippen LogP contribution in [-0.2, 0) is 16.3 Å². The predicted molar refractivity (Wildman–Crippen MR) is 73.8 cm³/mol. The van der Waals surface area contributed by atoms with Crippen molar-refractivity contribution in [1.29, 1.82) is 0 Å². The molecule has 7 heteroatoms. The van der Waals surface area contributed by atoms with Gasteiger partial charge < -0.3 is 9.97 Å². The molecule has 0 saturated carbocycles. The van der Waals surface area contributed by atoms with Crippen molar-refractivity contribution >= 4 is 15.6 Å². The lowest BCUT2D eigenvalue weighted by atomic mass is 10.1. The lowest BCUT2D eigenvalue weighted by Gasteiger charge is -2.02. The van der Waals surface area contributed by atoms with Crippen LogP contribution in [0, 0.1) is 0 Å². The van der Waals surface area contributed by atoms with Crippen molar-refractivity contribution in [3.63, 3.8) is 0 Å². The van der Waals surface area contributed by atoms with Gasteiger partial charge in [-0.25, -0.2) is 13.2 Å². The van der Waals surface area contributed by atoms with Gasteiger partial charge in [0.05, 0.1) is 4.90 Å². The van der Waals surface area contributed by atoms with E-state index in [9.17, 15) is 18.0 Å². The van der Waals surface area contributed by atoms with Crippen LogP contribution in [0.3, 0.4) is 0 Å². The molecule has 0 aliphatic rings. The summed E-state index contributed by atoms with van der Waals surface area (Å²) >= 11 is 0. The number of H-pyrrole nitrogens is 2. The summed E-state index contributed by atoms with van der Waals surface area (Å²) in [7, 11) is -3.29. The molecule has 1 aromatic heterocycles. The van der Waals surface area contributed by atoms with Gasteiger partial charge in [-0.15, -0.1) is 0 Å². The number of aromatic nitrogens is 2. The number of sulfone groups is 1. The van der Waals surface area contributed by atoms with Gasteiger partial charge in [-0.3, -0.25) is 4.79 Å². The predicted octanol–water partition coefficient (Wildman–Crippen LogP) is 0.900. The largest absolute Gasteiger partial charge is 0.323 e. The van der Waals surface area contributed by atoms with Crippen molar-refractivity contribution < 1.29 is 13.2 Å². The number of hydrogen-bond acceptors (Lipinski definition) is 4. The average molecular weight is 294 g/mol.